The first kappa shape index (κ1) is 15.4. The maximum Gasteiger partial charge on any atom is 0.132 e. The normalized spacial score (nSPS) is 13.9. The minimum absolute atomic E-state index is 0.134. The molecule has 0 aromatic carbocycles. The Bertz CT molecular complexity index is 623. The molecule has 21 heavy (non-hydrogen) atoms. The van der Waals surface area contributed by atoms with Gasteiger partial charge in [-0.05, 0) is 44.0 Å². The Kier molecular flexibility index (Phi) is 4.84. The van der Waals surface area contributed by atoms with E-state index in [1.54, 1.807) is 18.4 Å². The Hall–Kier alpha value is -2.03. The van der Waals surface area contributed by atoms with Crippen molar-refractivity contribution in [1.29, 1.82) is 5.26 Å². The average molecular weight is 287 g/mol. The highest BCUT2D eigenvalue weighted by atomic mass is 16.4. The van der Waals surface area contributed by atoms with E-state index in [0.29, 0.717) is 24.4 Å². The number of hydrogen-bond donors (Lipinski definition) is 2. The minimum atomic E-state index is -0.603. The zero-order valence-electron chi connectivity index (χ0n) is 12.6. The van der Waals surface area contributed by atoms with Crippen LogP contribution in [0.15, 0.2) is 28.9 Å². The van der Waals surface area contributed by atoms with Gasteiger partial charge in [-0.3, -0.25) is 0 Å². The van der Waals surface area contributed by atoms with Crippen LogP contribution in [0.5, 0.6) is 0 Å². The van der Waals surface area contributed by atoms with Crippen LogP contribution in [-0.2, 0) is 13.6 Å². The standard InChI is InChI=1S/C16H21N3O2/c1-11(7-15(20)16-5-4-6-21-16)18-10-13-8-14(9-17)19(3)12(13)2/h4-6,8,11,15,18,20H,7,10H2,1-3H3. The van der Waals surface area contributed by atoms with E-state index in [-0.39, 0.29) is 6.04 Å². The predicted octanol–water partition coefficient (Wildman–Crippen LogP) is 2.40. The van der Waals surface area contributed by atoms with Gasteiger partial charge in [0.15, 0.2) is 0 Å². The number of aromatic nitrogens is 1. The number of hydrogen-bond acceptors (Lipinski definition) is 4. The summed E-state index contributed by atoms with van der Waals surface area (Å²) in [6.45, 7) is 4.70. The fourth-order valence-corrected chi connectivity index (χ4v) is 2.35. The smallest absolute Gasteiger partial charge is 0.132 e. The predicted molar refractivity (Wildman–Crippen MR) is 79.5 cm³/mol. The van der Waals surface area contributed by atoms with E-state index in [4.69, 9.17) is 9.68 Å². The summed E-state index contributed by atoms with van der Waals surface area (Å²) >= 11 is 0. The van der Waals surface area contributed by atoms with E-state index in [1.165, 1.54) is 0 Å². The van der Waals surface area contributed by atoms with Crippen LogP contribution in [-0.4, -0.2) is 15.7 Å². The second-order valence-corrected chi connectivity index (χ2v) is 5.36. The van der Waals surface area contributed by atoms with Gasteiger partial charge < -0.3 is 19.4 Å². The van der Waals surface area contributed by atoms with Gasteiger partial charge in [-0.15, -0.1) is 0 Å². The largest absolute Gasteiger partial charge is 0.467 e. The Labute approximate surface area is 124 Å². The van der Waals surface area contributed by atoms with Crippen molar-refractivity contribution in [1.82, 2.24) is 9.88 Å². The van der Waals surface area contributed by atoms with Crippen molar-refractivity contribution in [3.05, 3.63) is 47.2 Å². The summed E-state index contributed by atoms with van der Waals surface area (Å²) in [6, 6.07) is 7.76. The van der Waals surface area contributed by atoms with E-state index < -0.39 is 6.10 Å². The quantitative estimate of drug-likeness (QED) is 0.855. The van der Waals surface area contributed by atoms with Gasteiger partial charge in [0.2, 0.25) is 0 Å². The molecule has 0 aliphatic heterocycles. The van der Waals surface area contributed by atoms with Gasteiger partial charge in [-0.2, -0.15) is 5.26 Å². The molecule has 0 spiro atoms. The minimum Gasteiger partial charge on any atom is -0.467 e. The number of nitriles is 1. The summed E-state index contributed by atoms with van der Waals surface area (Å²) < 4.78 is 7.08. The number of furan rings is 1. The van der Waals surface area contributed by atoms with Crippen LogP contribution in [0.25, 0.3) is 0 Å². The van der Waals surface area contributed by atoms with Gasteiger partial charge in [0.1, 0.15) is 23.6 Å². The highest BCUT2D eigenvalue weighted by Gasteiger charge is 2.15. The van der Waals surface area contributed by atoms with Crippen LogP contribution in [0.3, 0.4) is 0 Å². The summed E-state index contributed by atoms with van der Waals surface area (Å²) in [5.41, 5.74) is 2.85. The molecule has 2 heterocycles. The van der Waals surface area contributed by atoms with Gasteiger partial charge >= 0.3 is 0 Å². The van der Waals surface area contributed by atoms with Gasteiger partial charge in [0, 0.05) is 25.3 Å². The molecule has 2 atom stereocenters. The molecule has 0 radical (unpaired) electrons. The molecule has 0 saturated heterocycles. The average Bonchev–Trinajstić information content (AvgIpc) is 3.08. The molecular formula is C16H21N3O2. The number of aliphatic hydroxyl groups excluding tert-OH is 1. The van der Waals surface area contributed by atoms with Crippen LogP contribution >= 0.6 is 0 Å². The molecule has 5 heteroatoms. The van der Waals surface area contributed by atoms with Crippen molar-refractivity contribution in [2.75, 3.05) is 0 Å². The summed E-state index contributed by atoms with van der Waals surface area (Å²) in [4.78, 5) is 0. The van der Waals surface area contributed by atoms with Gasteiger partial charge in [-0.1, -0.05) is 0 Å². The van der Waals surface area contributed by atoms with Crippen LogP contribution in [0.1, 0.15) is 42.2 Å². The molecule has 112 valence electrons. The molecular weight excluding hydrogens is 266 g/mol. The lowest BCUT2D eigenvalue weighted by molar-refractivity contribution is 0.128. The number of nitrogens with one attached hydrogen (secondary N) is 1. The third-order valence-electron chi connectivity index (χ3n) is 3.84. The molecule has 2 N–H and O–H groups in total. The lowest BCUT2D eigenvalue weighted by Crippen LogP contribution is -2.27. The Balaban J connectivity index is 1.90. The van der Waals surface area contributed by atoms with Gasteiger partial charge in [0.25, 0.3) is 0 Å². The molecule has 0 amide bonds. The second kappa shape index (κ2) is 6.61. The van der Waals surface area contributed by atoms with Gasteiger partial charge in [-0.25, -0.2) is 0 Å². The first-order valence-corrected chi connectivity index (χ1v) is 7.03. The third-order valence-corrected chi connectivity index (χ3v) is 3.84. The highest BCUT2D eigenvalue weighted by Crippen LogP contribution is 2.19. The van der Waals surface area contributed by atoms with Crippen molar-refractivity contribution in [2.45, 2.75) is 39.0 Å². The number of nitrogens with zero attached hydrogens (tertiary/aromatic N) is 2. The molecule has 5 nitrogen and oxygen atoms in total. The Morgan fingerprint density at radius 2 is 2.29 bits per heavy atom. The molecule has 0 aliphatic rings. The maximum absolute atomic E-state index is 10.0. The summed E-state index contributed by atoms with van der Waals surface area (Å²) in [5.74, 6) is 0.589. The molecule has 0 fully saturated rings. The monoisotopic (exact) mass is 287 g/mol. The van der Waals surface area contributed by atoms with E-state index in [9.17, 15) is 5.11 Å². The fourth-order valence-electron chi connectivity index (χ4n) is 2.35. The van der Waals surface area contributed by atoms with Crippen LogP contribution in [0.4, 0.5) is 0 Å². The Morgan fingerprint density at radius 3 is 2.86 bits per heavy atom. The SMILES string of the molecule is Cc1c(CNC(C)CC(O)c2ccco2)cc(C#N)n1C. The molecule has 0 aliphatic carbocycles. The van der Waals surface area contributed by atoms with Crippen LogP contribution in [0, 0.1) is 18.3 Å². The lowest BCUT2D eigenvalue weighted by Gasteiger charge is -2.16. The summed E-state index contributed by atoms with van der Waals surface area (Å²) in [6.07, 6.45) is 1.53. The van der Waals surface area contributed by atoms with E-state index in [0.717, 1.165) is 11.3 Å². The summed E-state index contributed by atoms with van der Waals surface area (Å²) in [5, 5.41) is 22.4. The second-order valence-electron chi connectivity index (χ2n) is 5.36. The van der Waals surface area contributed by atoms with E-state index in [1.807, 2.05) is 31.5 Å². The van der Waals surface area contributed by atoms with Crippen molar-refractivity contribution in [2.24, 2.45) is 7.05 Å². The Morgan fingerprint density at radius 1 is 1.52 bits per heavy atom. The van der Waals surface area contributed by atoms with Crippen molar-refractivity contribution < 1.29 is 9.52 Å². The highest BCUT2D eigenvalue weighted by molar-refractivity contribution is 5.34. The molecule has 2 unspecified atom stereocenters. The maximum atomic E-state index is 10.0. The molecule has 2 aromatic rings. The zero-order chi connectivity index (χ0) is 15.4. The first-order chi connectivity index (χ1) is 10.0. The van der Waals surface area contributed by atoms with Crippen molar-refractivity contribution >= 4 is 0 Å². The number of rotatable bonds is 6. The topological polar surface area (TPSA) is 74.1 Å². The van der Waals surface area contributed by atoms with E-state index in [2.05, 4.69) is 11.4 Å². The van der Waals surface area contributed by atoms with Gasteiger partial charge in [0.05, 0.1) is 6.26 Å². The van der Waals surface area contributed by atoms with Crippen molar-refractivity contribution in [3.8, 4) is 6.07 Å². The molecule has 0 saturated carbocycles. The van der Waals surface area contributed by atoms with Crippen molar-refractivity contribution in [3.63, 3.8) is 0 Å². The first-order valence-electron chi connectivity index (χ1n) is 7.03. The summed E-state index contributed by atoms with van der Waals surface area (Å²) in [7, 11) is 1.89. The van der Waals surface area contributed by atoms with Crippen LogP contribution < -0.4 is 5.32 Å². The molecule has 0 bridgehead atoms. The van der Waals surface area contributed by atoms with Crippen LogP contribution in [0.2, 0.25) is 0 Å². The molecule has 2 rings (SSSR count). The fraction of sp³-hybridized carbons (Fsp3) is 0.438. The third kappa shape index (κ3) is 3.54. The molecule has 2 aromatic heterocycles. The number of aliphatic hydroxyl groups is 1. The van der Waals surface area contributed by atoms with E-state index >= 15 is 0 Å². The lowest BCUT2D eigenvalue weighted by atomic mass is 10.1. The zero-order valence-corrected chi connectivity index (χ0v) is 12.6.